The highest BCUT2D eigenvalue weighted by atomic mass is 32.1. The van der Waals surface area contributed by atoms with Gasteiger partial charge in [-0.3, -0.25) is 10.1 Å². The lowest BCUT2D eigenvalue weighted by Crippen LogP contribution is -2.22. The van der Waals surface area contributed by atoms with Crippen molar-refractivity contribution in [3.8, 4) is 11.3 Å². The summed E-state index contributed by atoms with van der Waals surface area (Å²) in [4.78, 5) is 18.5. The van der Waals surface area contributed by atoms with Crippen molar-refractivity contribution in [2.24, 2.45) is 0 Å². The number of thiazole rings is 1. The zero-order valence-electron chi connectivity index (χ0n) is 16.0. The number of carbonyl (C=O) groups excluding carboxylic acids is 1. The molecule has 1 amide bonds. The van der Waals surface area contributed by atoms with Crippen molar-refractivity contribution in [3.05, 3.63) is 108 Å². The Hall–Kier alpha value is -3.77. The fourth-order valence-corrected chi connectivity index (χ4v) is 4.34. The zero-order chi connectivity index (χ0) is 20.3. The number of carbonyl (C=O) groups is 1. The van der Waals surface area contributed by atoms with Gasteiger partial charge in [0.1, 0.15) is 0 Å². The maximum Gasteiger partial charge on any atom is 0.250 e. The van der Waals surface area contributed by atoms with Crippen LogP contribution in [-0.4, -0.2) is 20.5 Å². The van der Waals surface area contributed by atoms with E-state index in [4.69, 9.17) is 0 Å². The Labute approximate surface area is 177 Å². The molecule has 0 fully saturated rings. The quantitative estimate of drug-likeness (QED) is 0.432. The van der Waals surface area contributed by atoms with Gasteiger partial charge in [0.25, 0.3) is 0 Å². The van der Waals surface area contributed by atoms with Crippen LogP contribution in [0.4, 0.5) is 5.95 Å². The minimum Gasteiger partial charge on any atom is -0.292 e. The second-order valence-electron chi connectivity index (χ2n) is 6.86. The topological polar surface area (TPSA) is 59.3 Å². The Morgan fingerprint density at radius 3 is 2.00 bits per heavy atom. The molecule has 0 atom stereocenters. The Balaban J connectivity index is 1.47. The highest BCUT2D eigenvalue weighted by Crippen LogP contribution is 2.28. The van der Waals surface area contributed by atoms with Crippen LogP contribution in [-0.2, 0) is 4.79 Å². The van der Waals surface area contributed by atoms with E-state index in [9.17, 15) is 4.79 Å². The smallest absolute Gasteiger partial charge is 0.250 e. The molecule has 0 saturated heterocycles. The van der Waals surface area contributed by atoms with Gasteiger partial charge >= 0.3 is 0 Å². The van der Waals surface area contributed by atoms with Gasteiger partial charge in [-0.25, -0.2) is 4.52 Å². The standard InChI is InChI=1S/C24H18N4OS/c29-22(21(18-12-6-2-7-13-18)19-14-8-3-9-15-19)25-23-26-24-28(27-23)20(16-30-24)17-10-4-1-5-11-17/h1-16,21H,(H,25,27,29). The van der Waals surface area contributed by atoms with Crippen molar-refractivity contribution in [1.82, 2.24) is 14.6 Å². The summed E-state index contributed by atoms with van der Waals surface area (Å²) < 4.78 is 1.77. The van der Waals surface area contributed by atoms with E-state index in [1.165, 1.54) is 11.3 Å². The first-order chi connectivity index (χ1) is 14.8. The number of hydrogen-bond donors (Lipinski definition) is 1. The molecule has 0 aliphatic rings. The van der Waals surface area contributed by atoms with Crippen LogP contribution in [0.5, 0.6) is 0 Å². The van der Waals surface area contributed by atoms with E-state index >= 15 is 0 Å². The predicted molar refractivity (Wildman–Crippen MR) is 120 cm³/mol. The number of amides is 1. The molecule has 2 heterocycles. The molecule has 5 aromatic rings. The van der Waals surface area contributed by atoms with Crippen LogP contribution in [0.25, 0.3) is 16.2 Å². The number of nitrogens with zero attached hydrogens (tertiary/aromatic N) is 3. The number of fused-ring (bicyclic) bond motifs is 1. The largest absolute Gasteiger partial charge is 0.292 e. The second kappa shape index (κ2) is 7.93. The molecule has 146 valence electrons. The fourth-order valence-electron chi connectivity index (χ4n) is 3.51. The van der Waals surface area contributed by atoms with Crippen LogP contribution in [0.3, 0.4) is 0 Å². The molecule has 5 rings (SSSR count). The molecule has 0 spiro atoms. The summed E-state index contributed by atoms with van der Waals surface area (Å²) in [7, 11) is 0. The average Bonchev–Trinajstić information content (AvgIpc) is 3.36. The van der Waals surface area contributed by atoms with Gasteiger partial charge in [-0.2, -0.15) is 4.98 Å². The highest BCUT2D eigenvalue weighted by Gasteiger charge is 2.24. The molecule has 0 saturated carbocycles. The number of benzene rings is 3. The zero-order valence-corrected chi connectivity index (χ0v) is 16.8. The Morgan fingerprint density at radius 2 is 1.40 bits per heavy atom. The van der Waals surface area contributed by atoms with Gasteiger partial charge in [0.05, 0.1) is 11.6 Å². The van der Waals surface area contributed by atoms with Gasteiger partial charge in [0.15, 0.2) is 0 Å². The molecule has 1 N–H and O–H groups in total. The Morgan fingerprint density at radius 1 is 0.833 bits per heavy atom. The van der Waals surface area contributed by atoms with E-state index in [1.54, 1.807) is 4.52 Å². The number of anilines is 1. The molecule has 0 unspecified atom stereocenters. The van der Waals surface area contributed by atoms with Crippen molar-refractivity contribution in [2.45, 2.75) is 5.92 Å². The maximum absolute atomic E-state index is 13.3. The molecule has 6 heteroatoms. The number of hydrogen-bond acceptors (Lipinski definition) is 4. The van der Waals surface area contributed by atoms with Crippen LogP contribution in [0.15, 0.2) is 96.4 Å². The summed E-state index contributed by atoms with van der Waals surface area (Å²) >= 11 is 1.50. The first-order valence-corrected chi connectivity index (χ1v) is 10.5. The van der Waals surface area contributed by atoms with Crippen LogP contribution in [0.2, 0.25) is 0 Å². The highest BCUT2D eigenvalue weighted by molar-refractivity contribution is 7.15. The first kappa shape index (κ1) is 18.3. The lowest BCUT2D eigenvalue weighted by Gasteiger charge is -2.16. The van der Waals surface area contributed by atoms with Gasteiger partial charge in [0.2, 0.25) is 16.8 Å². The van der Waals surface area contributed by atoms with Crippen LogP contribution in [0.1, 0.15) is 17.0 Å². The van der Waals surface area contributed by atoms with Crippen molar-refractivity contribution in [1.29, 1.82) is 0 Å². The molecule has 0 aliphatic heterocycles. The normalized spacial score (nSPS) is 11.1. The summed E-state index contributed by atoms with van der Waals surface area (Å²) in [5.74, 6) is -0.296. The Kier molecular flexibility index (Phi) is 4.83. The van der Waals surface area contributed by atoms with Crippen molar-refractivity contribution in [2.75, 3.05) is 5.32 Å². The van der Waals surface area contributed by atoms with Gasteiger partial charge < -0.3 is 0 Å². The molecule has 2 aromatic heterocycles. The molecular weight excluding hydrogens is 392 g/mol. The third kappa shape index (κ3) is 3.49. The molecule has 3 aromatic carbocycles. The third-order valence-corrected chi connectivity index (χ3v) is 5.73. The Bertz CT molecular complexity index is 1240. The summed E-state index contributed by atoms with van der Waals surface area (Å²) in [6.45, 7) is 0. The molecule has 5 nitrogen and oxygen atoms in total. The van der Waals surface area contributed by atoms with E-state index in [0.29, 0.717) is 5.95 Å². The lowest BCUT2D eigenvalue weighted by atomic mass is 9.90. The van der Waals surface area contributed by atoms with Gasteiger partial charge in [-0.05, 0) is 11.1 Å². The summed E-state index contributed by atoms with van der Waals surface area (Å²) in [5.41, 5.74) is 3.85. The predicted octanol–water partition coefficient (Wildman–Crippen LogP) is 5.23. The van der Waals surface area contributed by atoms with Crippen molar-refractivity contribution in [3.63, 3.8) is 0 Å². The third-order valence-electron chi connectivity index (χ3n) is 4.91. The number of aromatic nitrogens is 3. The van der Waals surface area contributed by atoms with E-state index in [1.807, 2.05) is 96.4 Å². The van der Waals surface area contributed by atoms with Crippen LogP contribution in [0, 0.1) is 0 Å². The monoisotopic (exact) mass is 410 g/mol. The van der Waals surface area contributed by atoms with Gasteiger partial charge in [-0.15, -0.1) is 16.4 Å². The van der Waals surface area contributed by atoms with Gasteiger partial charge in [-0.1, -0.05) is 91.0 Å². The average molecular weight is 411 g/mol. The van der Waals surface area contributed by atoms with E-state index in [-0.39, 0.29) is 5.91 Å². The number of rotatable bonds is 5. The molecule has 0 radical (unpaired) electrons. The maximum atomic E-state index is 13.3. The summed E-state index contributed by atoms with van der Waals surface area (Å²) in [6, 6.07) is 29.5. The fraction of sp³-hybridized carbons (Fsp3) is 0.0417. The van der Waals surface area contributed by atoms with Gasteiger partial charge in [0, 0.05) is 10.9 Å². The second-order valence-corrected chi connectivity index (χ2v) is 7.70. The summed E-state index contributed by atoms with van der Waals surface area (Å²) in [5, 5.41) is 9.48. The van der Waals surface area contributed by atoms with Crippen molar-refractivity contribution < 1.29 is 4.79 Å². The minimum absolute atomic E-state index is 0.160. The van der Waals surface area contributed by atoms with Crippen LogP contribution < -0.4 is 5.32 Å². The lowest BCUT2D eigenvalue weighted by molar-refractivity contribution is -0.116. The van der Waals surface area contributed by atoms with Crippen molar-refractivity contribution >= 4 is 28.2 Å². The molecular formula is C24H18N4OS. The SMILES string of the molecule is O=C(Nc1nc2scc(-c3ccccc3)n2n1)C(c1ccccc1)c1ccccc1. The van der Waals surface area contributed by atoms with E-state index in [2.05, 4.69) is 15.4 Å². The first-order valence-electron chi connectivity index (χ1n) is 9.60. The molecule has 30 heavy (non-hydrogen) atoms. The van der Waals surface area contributed by atoms with E-state index < -0.39 is 5.92 Å². The minimum atomic E-state index is -0.442. The molecule has 0 bridgehead atoms. The van der Waals surface area contributed by atoms with E-state index in [0.717, 1.165) is 27.3 Å². The molecule has 0 aliphatic carbocycles. The number of nitrogens with one attached hydrogen (secondary N) is 1. The summed E-state index contributed by atoms with van der Waals surface area (Å²) in [6.07, 6.45) is 0. The van der Waals surface area contributed by atoms with Crippen LogP contribution >= 0.6 is 11.3 Å².